The third kappa shape index (κ3) is 3.75. The van der Waals surface area contributed by atoms with Gasteiger partial charge in [-0.25, -0.2) is 8.42 Å². The van der Waals surface area contributed by atoms with Crippen LogP contribution in [0.1, 0.15) is 16.1 Å². The zero-order valence-electron chi connectivity index (χ0n) is 13.7. The Kier molecular flexibility index (Phi) is 5.21. The average Bonchev–Trinajstić information content (AvgIpc) is 2.64. The molecule has 0 bridgehead atoms. The number of carbonyl (C=O) groups is 1. The van der Waals surface area contributed by atoms with Crippen molar-refractivity contribution in [1.29, 1.82) is 0 Å². The third-order valence-corrected chi connectivity index (χ3v) is 6.96. The van der Waals surface area contributed by atoms with Crippen LogP contribution in [-0.2, 0) is 10.0 Å². The normalized spacial score (nSPS) is 16.0. The van der Waals surface area contributed by atoms with Gasteiger partial charge in [-0.05, 0) is 42.8 Å². The first-order chi connectivity index (χ1) is 11.9. The zero-order valence-corrected chi connectivity index (χ0v) is 16.1. The van der Waals surface area contributed by atoms with E-state index in [9.17, 15) is 13.2 Å². The lowest BCUT2D eigenvalue weighted by Gasteiger charge is -2.33. The van der Waals surface area contributed by atoms with Gasteiger partial charge >= 0.3 is 0 Å². The summed E-state index contributed by atoms with van der Waals surface area (Å²) in [5, 5.41) is 0. The van der Waals surface area contributed by atoms with Crippen LogP contribution in [0.2, 0.25) is 0 Å². The number of halogens is 1. The zero-order chi connectivity index (χ0) is 18.0. The Morgan fingerprint density at radius 2 is 1.84 bits per heavy atom. The number of aromatic nitrogens is 1. The van der Waals surface area contributed by atoms with Gasteiger partial charge in [0, 0.05) is 36.8 Å². The van der Waals surface area contributed by atoms with Crippen molar-refractivity contribution in [3.05, 3.63) is 58.3 Å². The minimum atomic E-state index is -3.56. The summed E-state index contributed by atoms with van der Waals surface area (Å²) in [4.78, 5) is 18.4. The highest BCUT2D eigenvalue weighted by molar-refractivity contribution is 9.10. The highest BCUT2D eigenvalue weighted by Gasteiger charge is 2.30. The molecule has 1 aliphatic rings. The summed E-state index contributed by atoms with van der Waals surface area (Å²) in [7, 11) is -3.56. The number of benzene rings is 1. The second kappa shape index (κ2) is 7.23. The Balaban J connectivity index is 1.71. The molecule has 1 saturated heterocycles. The summed E-state index contributed by atoms with van der Waals surface area (Å²) < 4.78 is 27.9. The van der Waals surface area contributed by atoms with E-state index in [-0.39, 0.29) is 23.9 Å². The maximum Gasteiger partial charge on any atom is 0.272 e. The summed E-state index contributed by atoms with van der Waals surface area (Å²) >= 11 is 3.38. The lowest BCUT2D eigenvalue weighted by molar-refractivity contribution is 0.0692. The van der Waals surface area contributed by atoms with E-state index < -0.39 is 10.0 Å². The van der Waals surface area contributed by atoms with E-state index in [1.807, 2.05) is 6.92 Å². The number of sulfonamides is 1. The van der Waals surface area contributed by atoms with Gasteiger partial charge < -0.3 is 4.90 Å². The first kappa shape index (κ1) is 18.0. The molecule has 0 radical (unpaired) electrons. The van der Waals surface area contributed by atoms with E-state index in [1.165, 1.54) is 4.31 Å². The number of amides is 1. The molecule has 25 heavy (non-hydrogen) atoms. The SMILES string of the molecule is Cc1cc(S(=O)(=O)N2CCN(C(=O)c3ccccn3)CC2)ccc1Br. The molecular weight excluding hydrogens is 406 g/mol. The Bertz CT molecular complexity index is 879. The second-order valence-corrected chi connectivity index (χ2v) is 8.61. The van der Waals surface area contributed by atoms with Crippen LogP contribution in [0.15, 0.2) is 52.0 Å². The van der Waals surface area contributed by atoms with E-state index in [0.29, 0.717) is 18.8 Å². The fourth-order valence-corrected chi connectivity index (χ4v) is 4.46. The predicted octanol–water partition coefficient (Wildman–Crippen LogP) is 2.30. The molecule has 1 aliphatic heterocycles. The molecule has 132 valence electrons. The van der Waals surface area contributed by atoms with Crippen LogP contribution in [-0.4, -0.2) is 54.7 Å². The van der Waals surface area contributed by atoms with Gasteiger partial charge in [-0.15, -0.1) is 0 Å². The molecule has 1 amide bonds. The van der Waals surface area contributed by atoms with Crippen molar-refractivity contribution in [2.24, 2.45) is 0 Å². The number of carbonyl (C=O) groups excluding carboxylic acids is 1. The fourth-order valence-electron chi connectivity index (χ4n) is 2.71. The van der Waals surface area contributed by atoms with E-state index in [1.54, 1.807) is 47.5 Å². The maximum absolute atomic E-state index is 12.8. The van der Waals surface area contributed by atoms with Crippen molar-refractivity contribution in [3.8, 4) is 0 Å². The van der Waals surface area contributed by atoms with Gasteiger partial charge in [0.1, 0.15) is 5.69 Å². The Morgan fingerprint density at radius 3 is 2.44 bits per heavy atom. The second-order valence-electron chi connectivity index (χ2n) is 5.82. The third-order valence-electron chi connectivity index (χ3n) is 4.18. The van der Waals surface area contributed by atoms with Gasteiger partial charge in [-0.2, -0.15) is 4.31 Å². The first-order valence-corrected chi connectivity index (χ1v) is 10.1. The largest absolute Gasteiger partial charge is 0.335 e. The van der Waals surface area contributed by atoms with Gasteiger partial charge in [-0.1, -0.05) is 22.0 Å². The average molecular weight is 424 g/mol. The van der Waals surface area contributed by atoms with E-state index in [0.717, 1.165) is 10.0 Å². The van der Waals surface area contributed by atoms with Crippen LogP contribution >= 0.6 is 15.9 Å². The molecule has 2 aromatic rings. The quantitative estimate of drug-likeness (QED) is 0.758. The highest BCUT2D eigenvalue weighted by Crippen LogP contribution is 2.23. The van der Waals surface area contributed by atoms with Crippen LogP contribution in [0.4, 0.5) is 0 Å². The molecule has 0 aliphatic carbocycles. The van der Waals surface area contributed by atoms with Gasteiger partial charge in [0.25, 0.3) is 5.91 Å². The number of piperazine rings is 1. The number of hydrogen-bond acceptors (Lipinski definition) is 4. The van der Waals surface area contributed by atoms with E-state index in [4.69, 9.17) is 0 Å². The molecule has 2 heterocycles. The minimum Gasteiger partial charge on any atom is -0.335 e. The number of pyridine rings is 1. The van der Waals surface area contributed by atoms with Gasteiger partial charge in [-0.3, -0.25) is 9.78 Å². The van der Waals surface area contributed by atoms with Gasteiger partial charge in [0.2, 0.25) is 10.0 Å². The van der Waals surface area contributed by atoms with Gasteiger partial charge in [0.05, 0.1) is 4.90 Å². The van der Waals surface area contributed by atoms with Crippen molar-refractivity contribution >= 4 is 31.9 Å². The van der Waals surface area contributed by atoms with Crippen LogP contribution < -0.4 is 0 Å². The lowest BCUT2D eigenvalue weighted by Crippen LogP contribution is -2.50. The number of nitrogens with zero attached hydrogens (tertiary/aromatic N) is 3. The predicted molar refractivity (Wildman–Crippen MR) is 97.8 cm³/mol. The first-order valence-electron chi connectivity index (χ1n) is 7.86. The van der Waals surface area contributed by atoms with E-state index in [2.05, 4.69) is 20.9 Å². The number of aryl methyl sites for hydroxylation is 1. The van der Waals surface area contributed by atoms with Crippen LogP contribution in [0.5, 0.6) is 0 Å². The molecule has 6 nitrogen and oxygen atoms in total. The Labute approximate surface area is 155 Å². The maximum atomic E-state index is 12.8. The molecule has 3 rings (SSSR count). The summed E-state index contributed by atoms with van der Waals surface area (Å²) in [5.74, 6) is -0.169. The standard InChI is InChI=1S/C17H18BrN3O3S/c1-13-12-14(5-6-15(13)18)25(23,24)21-10-8-20(9-11-21)17(22)16-4-2-3-7-19-16/h2-7,12H,8-11H2,1H3. The van der Waals surface area contributed by atoms with Crippen LogP contribution in [0, 0.1) is 6.92 Å². The monoisotopic (exact) mass is 423 g/mol. The summed E-state index contributed by atoms with van der Waals surface area (Å²) in [5.41, 5.74) is 1.24. The smallest absolute Gasteiger partial charge is 0.272 e. The molecular formula is C17H18BrN3O3S. The summed E-state index contributed by atoms with van der Waals surface area (Å²) in [6, 6.07) is 10.2. The van der Waals surface area contributed by atoms with Crippen molar-refractivity contribution in [3.63, 3.8) is 0 Å². The lowest BCUT2D eigenvalue weighted by atomic mass is 10.2. The van der Waals surface area contributed by atoms with Crippen LogP contribution in [0.3, 0.4) is 0 Å². The fraction of sp³-hybridized carbons (Fsp3) is 0.294. The highest BCUT2D eigenvalue weighted by atomic mass is 79.9. The minimum absolute atomic E-state index is 0.169. The molecule has 1 aromatic carbocycles. The topological polar surface area (TPSA) is 70.6 Å². The van der Waals surface area contributed by atoms with Crippen LogP contribution in [0.25, 0.3) is 0 Å². The van der Waals surface area contributed by atoms with Gasteiger partial charge in [0.15, 0.2) is 0 Å². The number of rotatable bonds is 3. The Hall–Kier alpha value is -1.77. The van der Waals surface area contributed by atoms with Crippen molar-refractivity contribution in [2.45, 2.75) is 11.8 Å². The number of hydrogen-bond donors (Lipinski definition) is 0. The molecule has 8 heteroatoms. The molecule has 1 aromatic heterocycles. The molecule has 0 unspecified atom stereocenters. The summed E-state index contributed by atoms with van der Waals surface area (Å²) in [6.07, 6.45) is 1.57. The molecule has 1 fully saturated rings. The van der Waals surface area contributed by atoms with Crippen molar-refractivity contribution in [1.82, 2.24) is 14.2 Å². The molecule has 0 saturated carbocycles. The van der Waals surface area contributed by atoms with Crippen molar-refractivity contribution < 1.29 is 13.2 Å². The summed E-state index contributed by atoms with van der Waals surface area (Å²) in [6.45, 7) is 3.10. The van der Waals surface area contributed by atoms with E-state index >= 15 is 0 Å². The molecule has 0 atom stereocenters. The Morgan fingerprint density at radius 1 is 1.12 bits per heavy atom. The molecule has 0 N–H and O–H groups in total. The molecule has 0 spiro atoms. The van der Waals surface area contributed by atoms with Crippen molar-refractivity contribution in [2.75, 3.05) is 26.2 Å².